The Balaban J connectivity index is 1.55. The van der Waals surface area contributed by atoms with E-state index in [1.807, 2.05) is 36.4 Å². The number of nitrogens with one attached hydrogen (secondary N) is 1. The number of halogens is 1. The number of nitrogens with zero attached hydrogens (tertiary/aromatic N) is 4. The van der Waals surface area contributed by atoms with Crippen molar-refractivity contribution in [1.82, 2.24) is 9.88 Å². The molecule has 0 amide bonds. The van der Waals surface area contributed by atoms with E-state index in [0.717, 1.165) is 39.7 Å². The van der Waals surface area contributed by atoms with Gasteiger partial charge in [0.15, 0.2) is 0 Å². The van der Waals surface area contributed by atoms with Crippen molar-refractivity contribution >= 4 is 28.5 Å². The molecular formula is C33H30ClN5O2. The first-order valence-corrected chi connectivity index (χ1v) is 13.9. The molecule has 0 aliphatic rings. The van der Waals surface area contributed by atoms with Crippen LogP contribution in [-0.2, 0) is 19.4 Å². The lowest BCUT2D eigenvalue weighted by molar-refractivity contribution is 0.0697. The lowest BCUT2D eigenvalue weighted by Crippen LogP contribution is -2.19. The van der Waals surface area contributed by atoms with E-state index >= 15 is 0 Å². The van der Waals surface area contributed by atoms with Gasteiger partial charge in [-0.15, -0.1) is 0 Å². The van der Waals surface area contributed by atoms with E-state index in [2.05, 4.69) is 74.5 Å². The van der Waals surface area contributed by atoms with Crippen LogP contribution in [0.1, 0.15) is 44.3 Å². The van der Waals surface area contributed by atoms with Gasteiger partial charge >= 0.3 is 5.97 Å². The van der Waals surface area contributed by atoms with Crippen LogP contribution >= 0.6 is 11.6 Å². The first kappa shape index (κ1) is 28.0. The van der Waals surface area contributed by atoms with Crippen molar-refractivity contribution in [1.29, 1.82) is 0 Å². The third-order valence-electron chi connectivity index (χ3n) is 7.26. The number of rotatable bonds is 12. The molecule has 1 heterocycles. The van der Waals surface area contributed by atoms with Crippen molar-refractivity contribution in [2.75, 3.05) is 13.1 Å². The van der Waals surface area contributed by atoms with Crippen molar-refractivity contribution in [3.63, 3.8) is 0 Å². The molecule has 0 aliphatic carbocycles. The van der Waals surface area contributed by atoms with E-state index in [1.165, 1.54) is 5.56 Å². The summed E-state index contributed by atoms with van der Waals surface area (Å²) < 4.78 is 2.38. The largest absolute Gasteiger partial charge is 0.478 e. The molecule has 5 rings (SSSR count). The van der Waals surface area contributed by atoms with Crippen LogP contribution in [0.3, 0.4) is 0 Å². The van der Waals surface area contributed by atoms with Gasteiger partial charge < -0.3 is 15.0 Å². The highest BCUT2D eigenvalue weighted by molar-refractivity contribution is 6.31. The summed E-state index contributed by atoms with van der Waals surface area (Å²) in [6, 6.07) is 33.7. The van der Waals surface area contributed by atoms with Gasteiger partial charge in [-0.05, 0) is 77.5 Å². The molecule has 0 saturated heterocycles. The number of aromatic carboxylic acids is 1. The van der Waals surface area contributed by atoms with Gasteiger partial charge in [0.25, 0.3) is 0 Å². The fourth-order valence-corrected chi connectivity index (χ4v) is 5.60. The lowest BCUT2D eigenvalue weighted by Gasteiger charge is -2.25. The fourth-order valence-electron chi connectivity index (χ4n) is 5.42. The van der Waals surface area contributed by atoms with E-state index in [9.17, 15) is 4.79 Å². The van der Waals surface area contributed by atoms with Crippen LogP contribution < -0.4 is 5.32 Å². The maximum Gasteiger partial charge on any atom is 0.335 e. The molecular weight excluding hydrogens is 534 g/mol. The summed E-state index contributed by atoms with van der Waals surface area (Å²) in [6.45, 7) is 1.65. The maximum absolute atomic E-state index is 11.2. The molecule has 0 saturated carbocycles. The number of aromatic nitrogens is 1. The third-order valence-corrected chi connectivity index (χ3v) is 7.50. The number of fused-ring (bicyclic) bond motifs is 1. The maximum atomic E-state index is 11.2. The van der Waals surface area contributed by atoms with Gasteiger partial charge in [0, 0.05) is 39.6 Å². The minimum absolute atomic E-state index is 0.0865. The Hall–Kier alpha value is -4.55. The van der Waals surface area contributed by atoms with E-state index in [-0.39, 0.29) is 11.6 Å². The molecule has 4 aromatic carbocycles. The molecule has 1 aromatic heterocycles. The van der Waals surface area contributed by atoms with Gasteiger partial charge in [0.05, 0.1) is 11.6 Å². The highest BCUT2D eigenvalue weighted by atomic mass is 35.5. The van der Waals surface area contributed by atoms with Gasteiger partial charge in [0.1, 0.15) is 0 Å². The Bertz CT molecular complexity index is 1640. The zero-order chi connectivity index (χ0) is 28.6. The second-order valence-electron chi connectivity index (χ2n) is 9.81. The smallest absolute Gasteiger partial charge is 0.335 e. The van der Waals surface area contributed by atoms with Crippen LogP contribution in [0.5, 0.6) is 0 Å². The normalized spacial score (nSPS) is 11.1. The Labute approximate surface area is 243 Å². The molecule has 0 spiro atoms. The van der Waals surface area contributed by atoms with Crippen LogP contribution in [0.25, 0.3) is 21.3 Å². The van der Waals surface area contributed by atoms with Gasteiger partial charge in [0.2, 0.25) is 0 Å². The predicted molar refractivity (Wildman–Crippen MR) is 164 cm³/mol. The summed E-state index contributed by atoms with van der Waals surface area (Å²) in [5, 5.41) is 18.3. The van der Waals surface area contributed by atoms with E-state index < -0.39 is 5.97 Å². The molecule has 0 bridgehead atoms. The highest BCUT2D eigenvalue weighted by Gasteiger charge is 2.25. The first-order valence-electron chi connectivity index (χ1n) is 13.5. The second-order valence-corrected chi connectivity index (χ2v) is 10.3. The van der Waals surface area contributed by atoms with Crippen molar-refractivity contribution in [3.8, 4) is 0 Å². The Morgan fingerprint density at radius 1 is 0.927 bits per heavy atom. The van der Waals surface area contributed by atoms with Crippen LogP contribution in [0, 0.1) is 0 Å². The average molecular weight is 564 g/mol. The van der Waals surface area contributed by atoms with Crippen LogP contribution in [0.4, 0.5) is 0 Å². The standard InChI is InChI=1S/C33H30ClN5O2/c34-27-15-16-30-29(21-27)28(17-19-36-22-23-11-13-26(14-12-23)33(40)41)31(18-20-37-38-35)39(30)32(24-7-3-1-4-8-24)25-9-5-2-6-10-25/h1-16,21,32,36H,17-20,22H2,(H,40,41). The van der Waals surface area contributed by atoms with Crippen LogP contribution in [0.2, 0.25) is 5.02 Å². The monoisotopic (exact) mass is 563 g/mol. The molecule has 206 valence electrons. The van der Waals surface area contributed by atoms with Gasteiger partial charge in [-0.2, -0.15) is 0 Å². The predicted octanol–water partition coefficient (Wildman–Crippen LogP) is 7.82. The zero-order valence-corrected chi connectivity index (χ0v) is 23.2. The molecule has 0 radical (unpaired) electrons. The molecule has 41 heavy (non-hydrogen) atoms. The third kappa shape index (κ3) is 6.44. The molecule has 7 nitrogen and oxygen atoms in total. The number of carboxylic acid groups (broad SMARTS) is 1. The molecule has 0 fully saturated rings. The van der Waals surface area contributed by atoms with Crippen LogP contribution in [0.15, 0.2) is 108 Å². The van der Waals surface area contributed by atoms with Crippen molar-refractivity contribution in [2.24, 2.45) is 5.11 Å². The second kappa shape index (κ2) is 13.2. The van der Waals surface area contributed by atoms with Gasteiger partial charge in [-0.1, -0.05) is 89.5 Å². The molecule has 5 aromatic rings. The highest BCUT2D eigenvalue weighted by Crippen LogP contribution is 2.37. The molecule has 0 unspecified atom stereocenters. The quantitative estimate of drug-likeness (QED) is 0.0699. The van der Waals surface area contributed by atoms with Crippen LogP contribution in [-0.4, -0.2) is 28.7 Å². The van der Waals surface area contributed by atoms with Gasteiger partial charge in [-0.25, -0.2) is 4.79 Å². The minimum Gasteiger partial charge on any atom is -0.478 e. The first-order chi connectivity index (χ1) is 20.1. The summed E-state index contributed by atoms with van der Waals surface area (Å²) in [5.74, 6) is -0.933. The molecule has 8 heteroatoms. The Morgan fingerprint density at radius 3 is 2.20 bits per heavy atom. The summed E-state index contributed by atoms with van der Waals surface area (Å²) in [7, 11) is 0. The topological polar surface area (TPSA) is 103 Å². The summed E-state index contributed by atoms with van der Waals surface area (Å²) in [4.78, 5) is 14.2. The molecule has 0 atom stereocenters. The van der Waals surface area contributed by atoms with E-state index in [4.69, 9.17) is 22.2 Å². The summed E-state index contributed by atoms with van der Waals surface area (Å²) in [5.41, 5.74) is 16.0. The number of hydrogen-bond donors (Lipinski definition) is 2. The summed E-state index contributed by atoms with van der Waals surface area (Å²) >= 11 is 6.54. The van der Waals surface area contributed by atoms with Crippen molar-refractivity contribution < 1.29 is 9.90 Å². The number of carbonyl (C=O) groups is 1. The Kier molecular flexibility index (Phi) is 9.02. The average Bonchev–Trinajstić information content (AvgIpc) is 3.28. The Morgan fingerprint density at radius 2 is 1.59 bits per heavy atom. The fraction of sp³-hybridized carbons (Fsp3) is 0.182. The zero-order valence-electron chi connectivity index (χ0n) is 22.5. The number of carboxylic acids is 1. The SMILES string of the molecule is [N-]=[N+]=NCCc1c(CCNCc2ccc(C(=O)O)cc2)c2cc(Cl)ccc2n1C(c1ccccc1)c1ccccc1. The molecule has 0 aliphatic heterocycles. The summed E-state index contributed by atoms with van der Waals surface area (Å²) in [6.07, 6.45) is 1.32. The number of azide groups is 1. The number of hydrogen-bond acceptors (Lipinski definition) is 3. The van der Waals surface area contributed by atoms with Gasteiger partial charge in [-0.3, -0.25) is 0 Å². The van der Waals surface area contributed by atoms with E-state index in [0.29, 0.717) is 31.1 Å². The minimum atomic E-state index is -0.933. The van der Waals surface area contributed by atoms with Crippen molar-refractivity contribution in [3.05, 3.63) is 152 Å². The molecule has 2 N–H and O–H groups in total. The number of benzene rings is 4. The lowest BCUT2D eigenvalue weighted by atomic mass is 9.97. The van der Waals surface area contributed by atoms with E-state index in [1.54, 1.807) is 12.1 Å². The van der Waals surface area contributed by atoms with Crippen molar-refractivity contribution in [2.45, 2.75) is 25.4 Å².